The van der Waals surface area contributed by atoms with Crippen molar-refractivity contribution in [3.8, 4) is 0 Å². The molecule has 0 amide bonds. The first-order chi connectivity index (χ1) is 7.96. The Kier molecular flexibility index (Phi) is 5.00. The van der Waals surface area contributed by atoms with E-state index >= 15 is 0 Å². The Labute approximate surface area is 104 Å². The Morgan fingerprint density at radius 1 is 1.18 bits per heavy atom. The lowest BCUT2D eigenvalue weighted by atomic mass is 10.1. The van der Waals surface area contributed by atoms with E-state index in [0.717, 1.165) is 5.69 Å². The van der Waals surface area contributed by atoms with E-state index in [0.29, 0.717) is 13.0 Å². The molecule has 1 N–H and O–H groups in total. The molecule has 0 aliphatic carbocycles. The maximum absolute atomic E-state index is 11.5. The number of sulfone groups is 1. The summed E-state index contributed by atoms with van der Waals surface area (Å²) in [7, 11) is -2.89. The third-order valence-corrected chi connectivity index (χ3v) is 4.70. The Hall–Kier alpha value is -1.03. The SMILES string of the molecule is CCCS(=O)(=O)CCNc1cccc(C)c1C. The van der Waals surface area contributed by atoms with Gasteiger partial charge in [-0.1, -0.05) is 19.1 Å². The minimum absolute atomic E-state index is 0.203. The van der Waals surface area contributed by atoms with Crippen LogP contribution in [0.5, 0.6) is 0 Å². The van der Waals surface area contributed by atoms with Crippen LogP contribution in [0, 0.1) is 13.8 Å². The lowest BCUT2D eigenvalue weighted by Crippen LogP contribution is -2.18. The van der Waals surface area contributed by atoms with Crippen molar-refractivity contribution in [3.05, 3.63) is 29.3 Å². The molecule has 3 nitrogen and oxygen atoms in total. The largest absolute Gasteiger partial charge is 0.384 e. The van der Waals surface area contributed by atoms with E-state index < -0.39 is 9.84 Å². The molecule has 0 aliphatic heterocycles. The Bertz CT molecular complexity index is 466. The lowest BCUT2D eigenvalue weighted by molar-refractivity contribution is 0.595. The molecule has 4 heteroatoms. The second-order valence-electron chi connectivity index (χ2n) is 4.33. The summed E-state index contributed by atoms with van der Waals surface area (Å²) < 4.78 is 23.1. The van der Waals surface area contributed by atoms with Gasteiger partial charge in [-0.15, -0.1) is 0 Å². The number of nitrogens with one attached hydrogen (secondary N) is 1. The van der Waals surface area contributed by atoms with Crippen molar-refractivity contribution in [2.24, 2.45) is 0 Å². The zero-order valence-electron chi connectivity index (χ0n) is 10.8. The average molecular weight is 255 g/mol. The molecule has 96 valence electrons. The molecular weight excluding hydrogens is 234 g/mol. The van der Waals surface area contributed by atoms with Crippen molar-refractivity contribution in [2.75, 3.05) is 23.4 Å². The highest BCUT2D eigenvalue weighted by Gasteiger charge is 2.08. The maximum atomic E-state index is 11.5. The number of hydrogen-bond donors (Lipinski definition) is 1. The number of benzene rings is 1. The zero-order valence-corrected chi connectivity index (χ0v) is 11.6. The van der Waals surface area contributed by atoms with Gasteiger partial charge in [0.05, 0.1) is 5.75 Å². The summed E-state index contributed by atoms with van der Waals surface area (Å²) in [4.78, 5) is 0. The van der Waals surface area contributed by atoms with Gasteiger partial charge >= 0.3 is 0 Å². The Morgan fingerprint density at radius 2 is 1.88 bits per heavy atom. The van der Waals surface area contributed by atoms with Crippen molar-refractivity contribution in [1.29, 1.82) is 0 Å². The quantitative estimate of drug-likeness (QED) is 0.849. The minimum Gasteiger partial charge on any atom is -0.384 e. The molecule has 0 aliphatic rings. The zero-order chi connectivity index (χ0) is 12.9. The van der Waals surface area contributed by atoms with Gasteiger partial charge in [0, 0.05) is 18.0 Å². The highest BCUT2D eigenvalue weighted by molar-refractivity contribution is 7.91. The second-order valence-corrected chi connectivity index (χ2v) is 6.63. The molecule has 0 atom stereocenters. The van der Waals surface area contributed by atoms with Gasteiger partial charge in [-0.2, -0.15) is 0 Å². The molecule has 1 aromatic carbocycles. The van der Waals surface area contributed by atoms with Gasteiger partial charge in [0.15, 0.2) is 9.84 Å². The molecule has 1 aromatic rings. The van der Waals surface area contributed by atoms with Crippen molar-refractivity contribution < 1.29 is 8.42 Å². The van der Waals surface area contributed by atoms with Crippen LogP contribution in [-0.4, -0.2) is 26.5 Å². The van der Waals surface area contributed by atoms with Crippen LogP contribution in [0.25, 0.3) is 0 Å². The minimum atomic E-state index is -2.89. The Morgan fingerprint density at radius 3 is 2.53 bits per heavy atom. The molecule has 0 saturated carbocycles. The third-order valence-electron chi connectivity index (χ3n) is 2.85. The monoisotopic (exact) mass is 255 g/mol. The number of hydrogen-bond acceptors (Lipinski definition) is 3. The maximum Gasteiger partial charge on any atom is 0.152 e. The summed E-state index contributed by atoms with van der Waals surface area (Å²) in [5.41, 5.74) is 3.42. The van der Waals surface area contributed by atoms with Gasteiger partial charge in [0.2, 0.25) is 0 Å². The Balaban J connectivity index is 2.55. The van der Waals surface area contributed by atoms with E-state index in [4.69, 9.17) is 0 Å². The molecule has 0 aromatic heterocycles. The summed E-state index contributed by atoms with van der Waals surface area (Å²) in [6.45, 7) is 6.45. The predicted molar refractivity (Wildman–Crippen MR) is 73.4 cm³/mol. The van der Waals surface area contributed by atoms with Crippen molar-refractivity contribution in [2.45, 2.75) is 27.2 Å². The summed E-state index contributed by atoms with van der Waals surface area (Å²) >= 11 is 0. The first-order valence-electron chi connectivity index (χ1n) is 5.97. The van der Waals surface area contributed by atoms with Crippen LogP contribution >= 0.6 is 0 Å². The van der Waals surface area contributed by atoms with Crippen LogP contribution < -0.4 is 5.32 Å². The molecule has 0 radical (unpaired) electrons. The van der Waals surface area contributed by atoms with Crippen molar-refractivity contribution in [3.63, 3.8) is 0 Å². The second kappa shape index (κ2) is 6.05. The van der Waals surface area contributed by atoms with Gasteiger partial charge in [-0.25, -0.2) is 8.42 Å². The number of aryl methyl sites for hydroxylation is 1. The fourth-order valence-electron chi connectivity index (χ4n) is 1.70. The van der Waals surface area contributed by atoms with Gasteiger partial charge < -0.3 is 5.32 Å². The molecule has 17 heavy (non-hydrogen) atoms. The predicted octanol–water partition coefficient (Wildman–Crippen LogP) is 2.54. The van der Waals surface area contributed by atoms with E-state index in [1.165, 1.54) is 11.1 Å². The fraction of sp³-hybridized carbons (Fsp3) is 0.538. The molecule has 0 unspecified atom stereocenters. The average Bonchev–Trinajstić information content (AvgIpc) is 2.24. The summed E-state index contributed by atoms with van der Waals surface area (Å²) in [6, 6.07) is 6.01. The van der Waals surface area contributed by atoms with E-state index in [2.05, 4.69) is 5.32 Å². The molecule has 0 spiro atoms. The molecule has 0 heterocycles. The lowest BCUT2D eigenvalue weighted by Gasteiger charge is -2.11. The van der Waals surface area contributed by atoms with Gasteiger partial charge in [0.25, 0.3) is 0 Å². The van der Waals surface area contributed by atoms with Crippen LogP contribution in [0.3, 0.4) is 0 Å². The normalized spacial score (nSPS) is 11.5. The van der Waals surface area contributed by atoms with Crippen LogP contribution in [-0.2, 0) is 9.84 Å². The summed E-state index contributed by atoms with van der Waals surface area (Å²) in [5.74, 6) is 0.482. The van der Waals surface area contributed by atoms with Crippen LogP contribution in [0.2, 0.25) is 0 Å². The van der Waals surface area contributed by atoms with Gasteiger partial charge in [-0.3, -0.25) is 0 Å². The highest BCUT2D eigenvalue weighted by atomic mass is 32.2. The highest BCUT2D eigenvalue weighted by Crippen LogP contribution is 2.17. The standard InChI is InChI=1S/C13H21NO2S/c1-4-9-17(15,16)10-8-14-13-7-5-6-11(2)12(13)3/h5-7,14H,4,8-10H2,1-3H3. The van der Waals surface area contributed by atoms with Crippen LogP contribution in [0.15, 0.2) is 18.2 Å². The van der Waals surface area contributed by atoms with E-state index in [9.17, 15) is 8.42 Å². The van der Waals surface area contributed by atoms with E-state index in [1.54, 1.807) is 0 Å². The molecule has 1 rings (SSSR count). The topological polar surface area (TPSA) is 46.2 Å². The summed E-state index contributed by atoms with van der Waals surface area (Å²) in [6.07, 6.45) is 0.686. The smallest absolute Gasteiger partial charge is 0.152 e. The van der Waals surface area contributed by atoms with Gasteiger partial charge in [0.1, 0.15) is 0 Å². The van der Waals surface area contributed by atoms with Gasteiger partial charge in [-0.05, 0) is 37.5 Å². The number of anilines is 1. The third kappa shape index (κ3) is 4.38. The first-order valence-corrected chi connectivity index (χ1v) is 7.79. The molecule has 0 saturated heterocycles. The van der Waals surface area contributed by atoms with E-state index in [1.807, 2.05) is 39.0 Å². The number of rotatable bonds is 6. The first kappa shape index (κ1) is 14.0. The van der Waals surface area contributed by atoms with E-state index in [-0.39, 0.29) is 11.5 Å². The molecular formula is C13H21NO2S. The summed E-state index contributed by atoms with van der Waals surface area (Å²) in [5, 5.41) is 3.19. The van der Waals surface area contributed by atoms with Crippen molar-refractivity contribution >= 4 is 15.5 Å². The fourth-order valence-corrected chi connectivity index (χ4v) is 2.94. The molecule has 0 bridgehead atoms. The van der Waals surface area contributed by atoms with Crippen molar-refractivity contribution in [1.82, 2.24) is 0 Å². The van der Waals surface area contributed by atoms with Crippen LogP contribution in [0.1, 0.15) is 24.5 Å². The van der Waals surface area contributed by atoms with Crippen LogP contribution in [0.4, 0.5) is 5.69 Å². The molecule has 0 fully saturated rings.